The van der Waals surface area contributed by atoms with Crippen LogP contribution in [0.2, 0.25) is 5.28 Å². The number of aryl methyl sites for hydroxylation is 2. The van der Waals surface area contributed by atoms with Crippen LogP contribution in [0.15, 0.2) is 176 Å². The molecule has 0 unspecified atom stereocenters. The summed E-state index contributed by atoms with van der Waals surface area (Å²) in [7, 11) is 5.61. The van der Waals surface area contributed by atoms with Crippen molar-refractivity contribution in [2.24, 2.45) is 0 Å². The topological polar surface area (TPSA) is 240 Å². The van der Waals surface area contributed by atoms with Crippen molar-refractivity contribution >= 4 is 79.9 Å². The molecule has 0 aliphatic heterocycles. The largest absolute Gasteiger partial charge is 0.497 e. The third kappa shape index (κ3) is 18.4. The van der Waals surface area contributed by atoms with Crippen LogP contribution in [0.5, 0.6) is 34.8 Å². The number of fused-ring (bicyclic) bond motifs is 2. The van der Waals surface area contributed by atoms with Gasteiger partial charge in [-0.1, -0.05) is 125 Å². The van der Waals surface area contributed by atoms with Gasteiger partial charge in [0.05, 0.1) is 67.7 Å². The third-order valence-electron chi connectivity index (χ3n) is 14.8. The van der Waals surface area contributed by atoms with Gasteiger partial charge >= 0.3 is 12.1 Å². The maximum absolute atomic E-state index is 13.5. The molecule has 0 aliphatic carbocycles. The first kappa shape index (κ1) is 68.2. The first-order valence-electron chi connectivity index (χ1n) is 31.2. The Labute approximate surface area is 563 Å². The van der Waals surface area contributed by atoms with E-state index in [1.54, 1.807) is 65.1 Å². The molecule has 0 fully saturated rings. The van der Waals surface area contributed by atoms with Crippen LogP contribution in [0.25, 0.3) is 32.9 Å². The number of benzene rings is 7. The van der Waals surface area contributed by atoms with Gasteiger partial charge in [0.1, 0.15) is 41.2 Å². The molecule has 496 valence electrons. The summed E-state index contributed by atoms with van der Waals surface area (Å²) in [5, 5.41) is 28.1. The maximum Gasteiger partial charge on any atom is 0.324 e. The summed E-state index contributed by atoms with van der Waals surface area (Å²) in [5.41, 5.74) is 7.19. The molecule has 0 saturated heterocycles. The normalized spacial score (nSPS) is 11.4. The molecule has 11 rings (SSSR count). The van der Waals surface area contributed by atoms with Crippen LogP contribution in [-0.2, 0) is 20.3 Å². The average molecular weight is 1320 g/mol. The second-order valence-electron chi connectivity index (χ2n) is 24.8. The van der Waals surface area contributed by atoms with E-state index in [0.717, 1.165) is 62.0 Å². The molecule has 4 heterocycles. The summed E-state index contributed by atoms with van der Waals surface area (Å²) in [6, 6.07) is 50.3. The van der Waals surface area contributed by atoms with Crippen LogP contribution in [-0.4, -0.2) is 117 Å². The third-order valence-corrected chi connectivity index (χ3v) is 15.0. The molecule has 4 aromatic heterocycles. The van der Waals surface area contributed by atoms with E-state index in [1.807, 2.05) is 149 Å². The lowest BCUT2D eigenvalue weighted by Gasteiger charge is -2.15. The van der Waals surface area contributed by atoms with Gasteiger partial charge in [-0.25, -0.2) is 28.9 Å². The van der Waals surface area contributed by atoms with E-state index in [9.17, 15) is 9.59 Å². The summed E-state index contributed by atoms with van der Waals surface area (Å²) >= 11 is 5.90. The number of carbonyl (C=O) groups is 2. The highest BCUT2D eigenvalue weighted by atomic mass is 35.5. The molecule has 96 heavy (non-hydrogen) atoms. The van der Waals surface area contributed by atoms with E-state index < -0.39 is 6.03 Å². The fourth-order valence-corrected chi connectivity index (χ4v) is 9.88. The minimum atomic E-state index is -0.407. The highest BCUT2D eigenvalue weighted by molar-refractivity contribution is 6.28. The van der Waals surface area contributed by atoms with Crippen LogP contribution in [0.1, 0.15) is 64.1 Å². The molecule has 0 bridgehead atoms. The molecule has 0 atom stereocenters. The zero-order chi connectivity index (χ0) is 67.9. The van der Waals surface area contributed by atoms with E-state index in [-0.39, 0.29) is 22.1 Å². The van der Waals surface area contributed by atoms with Crippen molar-refractivity contribution in [3.63, 3.8) is 0 Å². The van der Waals surface area contributed by atoms with Gasteiger partial charge in [0.25, 0.3) is 0 Å². The number of hydrogen-bond donors (Lipinski definition) is 5. The average Bonchev–Trinajstić information content (AvgIpc) is 1.25. The SMILES string of the molecule is COc1cc(Nc2nccc(Oc3ccc(NC(=O)Nc4cc(C(C)(C)C)nn4-c4ccc(C)cc4)c4ccccc34)n2)cc(OCCOCCOCCN(C)C)c1.Cc1ccc(-n2nc(C(C)(C)C)cc2NC(=O)Nc2ccc(Oc3ccnc(Cl)n3)c3ccccc23)cc1. The van der Waals surface area contributed by atoms with Crippen LogP contribution >= 0.6 is 11.6 Å². The highest BCUT2D eigenvalue weighted by Crippen LogP contribution is 2.38. The Morgan fingerprint density at radius 3 is 1.48 bits per heavy atom. The van der Waals surface area contributed by atoms with E-state index in [1.165, 1.54) is 6.20 Å². The lowest BCUT2D eigenvalue weighted by atomic mass is 9.92. The fourth-order valence-electron chi connectivity index (χ4n) is 9.74. The number of urea groups is 2. The molecule has 0 saturated carbocycles. The molecule has 23 heteroatoms. The number of nitrogens with zero attached hydrogens (tertiary/aromatic N) is 9. The van der Waals surface area contributed by atoms with Gasteiger partial charge in [0, 0.05) is 99.5 Å². The van der Waals surface area contributed by atoms with Crippen LogP contribution in [0, 0.1) is 13.8 Å². The number of amides is 4. The van der Waals surface area contributed by atoms with Crippen LogP contribution < -0.4 is 45.5 Å². The summed E-state index contributed by atoms with van der Waals surface area (Å²) in [6.07, 6.45) is 3.14. The minimum absolute atomic E-state index is 0.0984. The van der Waals surface area contributed by atoms with Crippen molar-refractivity contribution < 1.29 is 38.0 Å². The maximum atomic E-state index is 13.5. The van der Waals surface area contributed by atoms with Gasteiger partial charge < -0.3 is 49.3 Å². The van der Waals surface area contributed by atoms with Crippen molar-refractivity contribution in [1.82, 2.24) is 44.4 Å². The zero-order valence-corrected chi connectivity index (χ0v) is 56.4. The Morgan fingerprint density at radius 1 is 0.521 bits per heavy atom. The second-order valence-corrected chi connectivity index (χ2v) is 25.1. The Morgan fingerprint density at radius 2 is 0.990 bits per heavy atom. The summed E-state index contributed by atoms with van der Waals surface area (Å²) in [5.74, 6) is 4.42. The lowest BCUT2D eigenvalue weighted by Crippen LogP contribution is -2.21. The van der Waals surface area contributed by atoms with Crippen molar-refractivity contribution in [1.29, 1.82) is 0 Å². The first-order valence-corrected chi connectivity index (χ1v) is 31.6. The van der Waals surface area contributed by atoms with Crippen molar-refractivity contribution in [3.05, 3.63) is 204 Å². The number of carbonyl (C=O) groups excluding carboxylic acids is 2. The standard InChI is InChI=1S/C44H52N8O6.C29H27ClN6O2/c1-30-12-14-32(15-13-30)52-40(29-39(50-52)44(2,3)4)48-43(53)47-37-16-17-38(36-11-9-8-10-35(36)37)58-41-18-19-45-42(49-41)46-31-26-33(54-7)28-34(27-31)57-25-24-56-23-22-55-21-20-51(5)6;1-18-9-11-19(12-10-18)36-25(17-24(35-36)29(2,3)4)33-28(37)32-22-13-14-23(21-8-6-5-7-20(21)22)38-26-15-16-31-27(30)34-26/h8-19,26-29H,20-25H2,1-7H3,(H,45,46,49)(H2,47,48,53);5-17H,1-4H3,(H2,32,33,37). The van der Waals surface area contributed by atoms with E-state index in [2.05, 4.69) is 93.0 Å². The van der Waals surface area contributed by atoms with E-state index >= 15 is 0 Å². The molecule has 0 spiro atoms. The predicted octanol–water partition coefficient (Wildman–Crippen LogP) is 16.1. The second kappa shape index (κ2) is 31.1. The van der Waals surface area contributed by atoms with Crippen molar-refractivity contribution in [3.8, 4) is 46.1 Å². The molecule has 5 N–H and O–H groups in total. The van der Waals surface area contributed by atoms with E-state index in [4.69, 9.17) is 50.2 Å². The molecule has 0 aliphatic rings. The number of halogens is 1. The number of anilines is 6. The predicted molar refractivity (Wildman–Crippen MR) is 378 cm³/mol. The highest BCUT2D eigenvalue weighted by Gasteiger charge is 2.24. The molecular weight excluding hydrogens is 1240 g/mol. The fraction of sp³-hybridized carbons (Fsp3) is 0.260. The van der Waals surface area contributed by atoms with Gasteiger partial charge in [-0.3, -0.25) is 10.6 Å². The monoisotopic (exact) mass is 1310 g/mol. The summed E-state index contributed by atoms with van der Waals surface area (Å²) < 4.78 is 38.4. The first-order chi connectivity index (χ1) is 46.1. The van der Waals surface area contributed by atoms with Gasteiger partial charge in [0.2, 0.25) is 23.0 Å². The number of rotatable bonds is 23. The Balaban J connectivity index is 0.000000227. The van der Waals surface area contributed by atoms with Gasteiger partial charge in [0.15, 0.2) is 0 Å². The van der Waals surface area contributed by atoms with Gasteiger partial charge in [-0.15, -0.1) is 0 Å². The summed E-state index contributed by atoms with van der Waals surface area (Å²) in [6.45, 7) is 19.9. The Bertz CT molecular complexity index is 4470. The molecule has 22 nitrogen and oxygen atoms in total. The minimum Gasteiger partial charge on any atom is -0.497 e. The number of nitrogens with one attached hydrogen (secondary N) is 5. The number of ether oxygens (including phenoxy) is 6. The van der Waals surface area contributed by atoms with E-state index in [0.29, 0.717) is 102 Å². The molecule has 7 aromatic carbocycles. The zero-order valence-electron chi connectivity index (χ0n) is 55.7. The number of hydrogen-bond acceptors (Lipinski definition) is 16. The molecular formula is C73H79ClN14O8. The lowest BCUT2D eigenvalue weighted by molar-refractivity contribution is 0.0324. The smallest absolute Gasteiger partial charge is 0.324 e. The summed E-state index contributed by atoms with van der Waals surface area (Å²) in [4.78, 5) is 45.8. The van der Waals surface area contributed by atoms with Crippen molar-refractivity contribution in [2.45, 2.75) is 66.2 Å². The Kier molecular flexibility index (Phi) is 22.1. The molecule has 0 radical (unpaired) electrons. The van der Waals surface area contributed by atoms with Crippen molar-refractivity contribution in [2.75, 3.05) is 87.4 Å². The number of aromatic nitrogens is 8. The Hall–Kier alpha value is -10.7. The van der Waals surface area contributed by atoms with Gasteiger partial charge in [-0.2, -0.15) is 20.2 Å². The molecule has 11 aromatic rings. The van der Waals surface area contributed by atoms with Crippen LogP contribution in [0.4, 0.5) is 44.2 Å². The number of likely N-dealkylation sites (N-methyl/N-ethyl adjacent to an activating group) is 1. The number of methoxy groups -OCH3 is 1. The van der Waals surface area contributed by atoms with Crippen LogP contribution in [0.3, 0.4) is 0 Å². The van der Waals surface area contributed by atoms with Gasteiger partial charge in [-0.05, 0) is 88.1 Å². The quantitative estimate of drug-likeness (QED) is 0.0295. The molecule has 4 amide bonds.